The topological polar surface area (TPSA) is 123 Å². The van der Waals surface area contributed by atoms with Gasteiger partial charge in [0.05, 0.1) is 24.3 Å². The Morgan fingerprint density at radius 3 is 2.30 bits per heavy atom. The van der Waals surface area contributed by atoms with Crippen LogP contribution in [-0.4, -0.2) is 57.6 Å². The van der Waals surface area contributed by atoms with Crippen molar-refractivity contribution < 1.29 is 29.9 Å². The number of aryl methyl sites for hydroxylation is 1. The quantitative estimate of drug-likeness (QED) is 0.507. The van der Waals surface area contributed by atoms with Gasteiger partial charge in [-0.1, -0.05) is 31.2 Å². The van der Waals surface area contributed by atoms with Crippen LogP contribution in [0.5, 0.6) is 5.75 Å². The SMILES string of the molecule is CCc1ccc(Cc2cc([C@@H]3O[C@H](CO)[C@@H](O)[C@H](O)[C@H]3O)c(OC3CCC3)cc2C#N)cc1. The third kappa shape index (κ3) is 4.91. The van der Waals surface area contributed by atoms with Gasteiger partial charge in [0, 0.05) is 5.56 Å². The summed E-state index contributed by atoms with van der Waals surface area (Å²) >= 11 is 0. The monoisotopic (exact) mass is 453 g/mol. The van der Waals surface area contributed by atoms with Gasteiger partial charge in [-0.25, -0.2) is 0 Å². The Morgan fingerprint density at radius 1 is 1.03 bits per heavy atom. The van der Waals surface area contributed by atoms with E-state index in [0.29, 0.717) is 23.3 Å². The van der Waals surface area contributed by atoms with E-state index in [1.807, 2.05) is 12.1 Å². The molecule has 33 heavy (non-hydrogen) atoms. The summed E-state index contributed by atoms with van der Waals surface area (Å²) in [5.74, 6) is 0.422. The molecule has 2 aromatic carbocycles. The predicted octanol–water partition coefficient (Wildman–Crippen LogP) is 2.16. The molecule has 7 heteroatoms. The first-order valence-electron chi connectivity index (χ1n) is 11.6. The molecule has 5 atom stereocenters. The first-order valence-corrected chi connectivity index (χ1v) is 11.6. The molecule has 0 amide bonds. The summed E-state index contributed by atoms with van der Waals surface area (Å²) in [6, 6.07) is 13.9. The molecule has 2 aromatic rings. The summed E-state index contributed by atoms with van der Waals surface area (Å²) < 4.78 is 12.0. The average Bonchev–Trinajstić information content (AvgIpc) is 2.81. The Kier molecular flexibility index (Phi) is 7.32. The van der Waals surface area contributed by atoms with Crippen molar-refractivity contribution in [2.75, 3.05) is 6.61 Å². The normalized spacial score (nSPS) is 27.6. The molecule has 1 aliphatic heterocycles. The van der Waals surface area contributed by atoms with Crippen molar-refractivity contribution in [3.63, 3.8) is 0 Å². The molecule has 0 aromatic heterocycles. The van der Waals surface area contributed by atoms with Crippen LogP contribution in [0.15, 0.2) is 36.4 Å². The van der Waals surface area contributed by atoms with E-state index in [4.69, 9.17) is 9.47 Å². The standard InChI is InChI=1S/C26H31NO6/c1-2-15-6-8-16(9-7-15)10-17-11-20(21(12-18(17)13-27)32-19-4-3-5-19)26-25(31)24(30)23(29)22(14-28)33-26/h6-9,11-12,19,22-26,28-31H,2-5,10,14H2,1H3/t22-,23-,24+,25-,26+/m1/s1. The van der Waals surface area contributed by atoms with Crippen LogP contribution < -0.4 is 4.74 Å². The van der Waals surface area contributed by atoms with Crippen molar-refractivity contribution in [2.45, 2.75) is 75.7 Å². The van der Waals surface area contributed by atoms with E-state index in [1.165, 1.54) is 5.56 Å². The Balaban J connectivity index is 1.73. The van der Waals surface area contributed by atoms with Gasteiger partial charge in [0.25, 0.3) is 0 Å². The molecule has 1 saturated carbocycles. The highest BCUT2D eigenvalue weighted by Crippen LogP contribution is 2.40. The number of nitrogens with zero attached hydrogens (tertiary/aromatic N) is 1. The molecule has 4 rings (SSSR count). The summed E-state index contributed by atoms with van der Waals surface area (Å²) in [4.78, 5) is 0. The van der Waals surface area contributed by atoms with Crippen LogP contribution in [0.25, 0.3) is 0 Å². The lowest BCUT2D eigenvalue weighted by Gasteiger charge is -2.41. The van der Waals surface area contributed by atoms with Crippen molar-refractivity contribution in [3.05, 3.63) is 64.2 Å². The Hall–Kier alpha value is -2.47. The minimum Gasteiger partial charge on any atom is -0.490 e. The third-order valence-corrected chi connectivity index (χ3v) is 6.73. The molecule has 0 bridgehead atoms. The number of aliphatic hydroxyl groups is 4. The van der Waals surface area contributed by atoms with E-state index in [-0.39, 0.29) is 6.10 Å². The molecule has 0 unspecified atom stereocenters. The van der Waals surface area contributed by atoms with Crippen LogP contribution >= 0.6 is 0 Å². The Morgan fingerprint density at radius 2 is 1.73 bits per heavy atom. The zero-order valence-corrected chi connectivity index (χ0v) is 18.7. The van der Waals surface area contributed by atoms with E-state index < -0.39 is 37.1 Å². The van der Waals surface area contributed by atoms with Crippen molar-refractivity contribution >= 4 is 0 Å². The largest absolute Gasteiger partial charge is 0.490 e. The molecule has 7 nitrogen and oxygen atoms in total. The smallest absolute Gasteiger partial charge is 0.126 e. The van der Waals surface area contributed by atoms with Crippen LogP contribution in [0.3, 0.4) is 0 Å². The van der Waals surface area contributed by atoms with Gasteiger partial charge in [-0.05, 0) is 60.9 Å². The van der Waals surface area contributed by atoms with E-state index in [9.17, 15) is 25.7 Å². The van der Waals surface area contributed by atoms with Crippen LogP contribution in [-0.2, 0) is 17.6 Å². The van der Waals surface area contributed by atoms with E-state index in [2.05, 4.69) is 25.1 Å². The fraction of sp³-hybridized carbons (Fsp3) is 0.500. The fourth-order valence-corrected chi connectivity index (χ4v) is 4.36. The zero-order chi connectivity index (χ0) is 23.5. The molecule has 1 aliphatic carbocycles. The maximum Gasteiger partial charge on any atom is 0.126 e. The van der Waals surface area contributed by atoms with Gasteiger partial charge in [0.15, 0.2) is 0 Å². The highest BCUT2D eigenvalue weighted by Gasteiger charge is 2.45. The van der Waals surface area contributed by atoms with Gasteiger partial charge < -0.3 is 29.9 Å². The van der Waals surface area contributed by atoms with Gasteiger partial charge in [0.2, 0.25) is 0 Å². The van der Waals surface area contributed by atoms with Gasteiger partial charge in [-0.15, -0.1) is 0 Å². The molecule has 2 aliphatic rings. The summed E-state index contributed by atoms with van der Waals surface area (Å²) in [7, 11) is 0. The first-order chi connectivity index (χ1) is 15.9. The van der Waals surface area contributed by atoms with Gasteiger partial charge in [0.1, 0.15) is 36.3 Å². The summed E-state index contributed by atoms with van der Waals surface area (Å²) in [6.45, 7) is 1.59. The second kappa shape index (κ2) is 10.2. The lowest BCUT2D eigenvalue weighted by Crippen LogP contribution is -2.55. The minimum absolute atomic E-state index is 0.0209. The van der Waals surface area contributed by atoms with Crippen molar-refractivity contribution in [1.29, 1.82) is 5.26 Å². The van der Waals surface area contributed by atoms with Crippen molar-refractivity contribution in [1.82, 2.24) is 0 Å². The minimum atomic E-state index is -1.49. The van der Waals surface area contributed by atoms with Gasteiger partial charge >= 0.3 is 0 Å². The number of hydrogen-bond acceptors (Lipinski definition) is 7. The predicted molar refractivity (Wildman–Crippen MR) is 121 cm³/mol. The van der Waals surface area contributed by atoms with E-state index >= 15 is 0 Å². The van der Waals surface area contributed by atoms with Gasteiger partial charge in [-0.3, -0.25) is 0 Å². The van der Waals surface area contributed by atoms with Crippen molar-refractivity contribution in [2.24, 2.45) is 0 Å². The van der Waals surface area contributed by atoms with Gasteiger partial charge in [-0.2, -0.15) is 5.26 Å². The van der Waals surface area contributed by atoms with E-state index in [1.54, 1.807) is 12.1 Å². The first kappa shape index (κ1) is 23.7. The maximum absolute atomic E-state index is 10.7. The number of rotatable bonds is 7. The average molecular weight is 454 g/mol. The number of benzene rings is 2. The number of nitriles is 1. The van der Waals surface area contributed by atoms with Crippen LogP contribution in [0.2, 0.25) is 0 Å². The lowest BCUT2D eigenvalue weighted by atomic mass is 9.88. The maximum atomic E-state index is 10.7. The molecule has 4 N–H and O–H groups in total. The summed E-state index contributed by atoms with van der Waals surface area (Å²) in [6.07, 6.45) is -2.05. The zero-order valence-electron chi connectivity index (χ0n) is 18.7. The second-order valence-corrected chi connectivity index (χ2v) is 8.93. The van der Waals surface area contributed by atoms with Crippen LogP contribution in [0.4, 0.5) is 0 Å². The summed E-state index contributed by atoms with van der Waals surface area (Å²) in [5, 5.41) is 50.7. The third-order valence-electron chi connectivity index (χ3n) is 6.73. The molecular formula is C26H31NO6. The molecular weight excluding hydrogens is 422 g/mol. The number of ether oxygens (including phenoxy) is 2. The molecule has 176 valence electrons. The molecule has 0 radical (unpaired) electrons. The van der Waals surface area contributed by atoms with E-state index in [0.717, 1.165) is 36.8 Å². The molecule has 2 fully saturated rings. The molecule has 0 spiro atoms. The van der Waals surface area contributed by atoms with Crippen molar-refractivity contribution in [3.8, 4) is 11.8 Å². The molecule has 1 saturated heterocycles. The number of aliphatic hydroxyl groups excluding tert-OH is 4. The highest BCUT2D eigenvalue weighted by molar-refractivity contribution is 5.51. The molecule has 1 heterocycles. The van der Waals surface area contributed by atoms with Crippen LogP contribution in [0.1, 0.15) is 60.1 Å². The fourth-order valence-electron chi connectivity index (χ4n) is 4.36. The summed E-state index contributed by atoms with van der Waals surface area (Å²) in [5.41, 5.74) is 3.98. The Labute approximate surface area is 193 Å². The lowest BCUT2D eigenvalue weighted by molar-refractivity contribution is -0.232. The highest BCUT2D eigenvalue weighted by atomic mass is 16.5. The van der Waals surface area contributed by atoms with Crippen LogP contribution in [0, 0.1) is 11.3 Å². The number of hydrogen-bond donors (Lipinski definition) is 4. The Bertz CT molecular complexity index is 995. The second-order valence-electron chi connectivity index (χ2n) is 8.93.